The summed E-state index contributed by atoms with van der Waals surface area (Å²) in [5, 5.41) is 1.30. The number of hydrogen-bond donors (Lipinski definition) is 2. The van der Waals surface area contributed by atoms with E-state index in [1.54, 1.807) is 0 Å². The zero-order chi connectivity index (χ0) is 10.8. The Balaban J connectivity index is 2.37. The maximum Gasteiger partial charge on any atom is 0.0456 e. The number of benzene rings is 1. The molecule has 1 heterocycles. The Morgan fingerprint density at radius 2 is 2.13 bits per heavy atom. The molecule has 0 aliphatic heterocycles. The van der Waals surface area contributed by atoms with E-state index in [1.165, 1.54) is 22.2 Å². The van der Waals surface area contributed by atoms with Crippen LogP contribution in [0.1, 0.15) is 25.1 Å². The predicted molar refractivity (Wildman–Crippen MR) is 65.0 cm³/mol. The molecule has 0 spiro atoms. The van der Waals surface area contributed by atoms with Crippen LogP contribution in [0.3, 0.4) is 0 Å². The van der Waals surface area contributed by atoms with Gasteiger partial charge in [0.2, 0.25) is 0 Å². The zero-order valence-corrected chi connectivity index (χ0v) is 9.38. The molecule has 15 heavy (non-hydrogen) atoms. The van der Waals surface area contributed by atoms with Crippen molar-refractivity contribution in [1.29, 1.82) is 0 Å². The molecule has 0 aliphatic carbocycles. The van der Waals surface area contributed by atoms with Crippen LogP contribution in [0.5, 0.6) is 0 Å². The Hall–Kier alpha value is -1.28. The second kappa shape index (κ2) is 4.07. The standard InChI is InChI=1S/C13H18N2/c1-3-12-8-11-7-10(6-9(2)14)4-5-13(11)15-12/h4-5,7-9,15H,3,6,14H2,1-2H3. The first-order valence-corrected chi connectivity index (χ1v) is 5.55. The third kappa shape index (κ3) is 2.21. The van der Waals surface area contributed by atoms with Gasteiger partial charge in [-0.2, -0.15) is 0 Å². The van der Waals surface area contributed by atoms with Crippen LogP contribution < -0.4 is 5.73 Å². The molecule has 0 radical (unpaired) electrons. The molecule has 0 saturated heterocycles. The van der Waals surface area contributed by atoms with Crippen LogP contribution >= 0.6 is 0 Å². The van der Waals surface area contributed by atoms with Gasteiger partial charge in [-0.25, -0.2) is 0 Å². The Kier molecular flexibility index (Phi) is 2.78. The summed E-state index contributed by atoms with van der Waals surface area (Å²) in [6.45, 7) is 4.20. The van der Waals surface area contributed by atoms with Gasteiger partial charge in [0.25, 0.3) is 0 Å². The summed E-state index contributed by atoms with van der Waals surface area (Å²) < 4.78 is 0. The third-order valence-electron chi connectivity index (χ3n) is 2.68. The number of nitrogens with two attached hydrogens (primary N) is 1. The molecule has 1 aromatic heterocycles. The van der Waals surface area contributed by atoms with Crippen molar-refractivity contribution < 1.29 is 0 Å². The highest BCUT2D eigenvalue weighted by molar-refractivity contribution is 5.81. The van der Waals surface area contributed by atoms with E-state index < -0.39 is 0 Å². The van der Waals surface area contributed by atoms with Gasteiger partial charge in [-0.1, -0.05) is 13.0 Å². The fraction of sp³-hybridized carbons (Fsp3) is 0.385. The van der Waals surface area contributed by atoms with Gasteiger partial charge in [-0.05, 0) is 48.9 Å². The second-order valence-corrected chi connectivity index (χ2v) is 4.25. The Morgan fingerprint density at radius 1 is 1.33 bits per heavy atom. The molecule has 2 rings (SSSR count). The van der Waals surface area contributed by atoms with Crippen molar-refractivity contribution in [2.24, 2.45) is 5.73 Å². The maximum absolute atomic E-state index is 5.79. The van der Waals surface area contributed by atoms with E-state index >= 15 is 0 Å². The zero-order valence-electron chi connectivity index (χ0n) is 9.38. The highest BCUT2D eigenvalue weighted by atomic mass is 14.7. The van der Waals surface area contributed by atoms with Crippen molar-refractivity contribution in [2.45, 2.75) is 32.7 Å². The highest BCUT2D eigenvalue weighted by Crippen LogP contribution is 2.18. The molecule has 2 heteroatoms. The Labute approximate surface area is 90.5 Å². The number of aryl methyl sites for hydroxylation is 1. The molecule has 0 aliphatic rings. The van der Waals surface area contributed by atoms with Gasteiger partial charge in [0, 0.05) is 17.3 Å². The first-order valence-electron chi connectivity index (χ1n) is 5.55. The topological polar surface area (TPSA) is 41.8 Å². The van der Waals surface area contributed by atoms with Crippen molar-refractivity contribution in [1.82, 2.24) is 4.98 Å². The molecule has 0 amide bonds. The average molecular weight is 202 g/mol. The normalized spacial score (nSPS) is 13.3. The van der Waals surface area contributed by atoms with Gasteiger partial charge < -0.3 is 10.7 Å². The number of fused-ring (bicyclic) bond motifs is 1. The number of hydrogen-bond acceptors (Lipinski definition) is 1. The molecular weight excluding hydrogens is 184 g/mol. The van der Waals surface area contributed by atoms with Crippen LogP contribution in [-0.4, -0.2) is 11.0 Å². The lowest BCUT2D eigenvalue weighted by Crippen LogP contribution is -2.17. The highest BCUT2D eigenvalue weighted by Gasteiger charge is 2.02. The van der Waals surface area contributed by atoms with E-state index in [0.717, 1.165) is 12.8 Å². The van der Waals surface area contributed by atoms with Crippen LogP contribution in [0.25, 0.3) is 10.9 Å². The minimum Gasteiger partial charge on any atom is -0.358 e. The fourth-order valence-electron chi connectivity index (χ4n) is 1.93. The van der Waals surface area contributed by atoms with E-state index in [0.29, 0.717) is 0 Å². The summed E-state index contributed by atoms with van der Waals surface area (Å²) in [6.07, 6.45) is 2.00. The summed E-state index contributed by atoms with van der Waals surface area (Å²) in [5.41, 5.74) is 9.63. The van der Waals surface area contributed by atoms with E-state index in [2.05, 4.69) is 36.2 Å². The lowest BCUT2D eigenvalue weighted by molar-refractivity contribution is 0.739. The summed E-state index contributed by atoms with van der Waals surface area (Å²) >= 11 is 0. The van der Waals surface area contributed by atoms with E-state index in [9.17, 15) is 0 Å². The molecule has 0 saturated carbocycles. The van der Waals surface area contributed by atoms with Crippen molar-refractivity contribution in [2.75, 3.05) is 0 Å². The molecule has 80 valence electrons. The molecule has 1 atom stereocenters. The van der Waals surface area contributed by atoms with E-state index in [4.69, 9.17) is 5.73 Å². The van der Waals surface area contributed by atoms with Gasteiger partial charge >= 0.3 is 0 Å². The van der Waals surface area contributed by atoms with Gasteiger partial charge in [-0.3, -0.25) is 0 Å². The van der Waals surface area contributed by atoms with Gasteiger partial charge in [0.05, 0.1) is 0 Å². The molecule has 0 fully saturated rings. The van der Waals surface area contributed by atoms with Gasteiger partial charge in [0.1, 0.15) is 0 Å². The van der Waals surface area contributed by atoms with Gasteiger partial charge in [-0.15, -0.1) is 0 Å². The fourth-order valence-corrected chi connectivity index (χ4v) is 1.93. The molecule has 3 N–H and O–H groups in total. The average Bonchev–Trinajstić information content (AvgIpc) is 2.58. The number of rotatable bonds is 3. The minimum absolute atomic E-state index is 0.229. The summed E-state index contributed by atoms with van der Waals surface area (Å²) in [4.78, 5) is 3.39. The lowest BCUT2D eigenvalue weighted by atomic mass is 10.1. The van der Waals surface area contributed by atoms with Crippen LogP contribution in [0.2, 0.25) is 0 Å². The van der Waals surface area contributed by atoms with E-state index in [1.807, 2.05) is 6.92 Å². The monoisotopic (exact) mass is 202 g/mol. The van der Waals surface area contributed by atoms with Crippen LogP contribution in [0, 0.1) is 0 Å². The van der Waals surface area contributed by atoms with Crippen molar-refractivity contribution in [3.05, 3.63) is 35.5 Å². The van der Waals surface area contributed by atoms with Gasteiger partial charge in [0.15, 0.2) is 0 Å². The summed E-state index contributed by atoms with van der Waals surface area (Å²) in [6, 6.07) is 8.98. The first kappa shape index (κ1) is 10.2. The van der Waals surface area contributed by atoms with Crippen molar-refractivity contribution >= 4 is 10.9 Å². The number of aromatic amines is 1. The smallest absolute Gasteiger partial charge is 0.0456 e. The van der Waals surface area contributed by atoms with E-state index in [-0.39, 0.29) is 6.04 Å². The SMILES string of the molecule is CCc1cc2cc(CC(C)N)ccc2[nH]1. The van der Waals surface area contributed by atoms with Crippen LogP contribution in [-0.2, 0) is 12.8 Å². The minimum atomic E-state index is 0.229. The molecule has 2 nitrogen and oxygen atoms in total. The molecule has 0 bridgehead atoms. The second-order valence-electron chi connectivity index (χ2n) is 4.25. The third-order valence-corrected chi connectivity index (χ3v) is 2.68. The number of aromatic nitrogens is 1. The predicted octanol–water partition coefficient (Wildman–Crippen LogP) is 2.62. The lowest BCUT2D eigenvalue weighted by Gasteiger charge is -2.04. The Morgan fingerprint density at radius 3 is 2.80 bits per heavy atom. The molecular formula is C13H18N2. The van der Waals surface area contributed by atoms with Crippen molar-refractivity contribution in [3.8, 4) is 0 Å². The van der Waals surface area contributed by atoms with Crippen LogP contribution in [0.4, 0.5) is 0 Å². The van der Waals surface area contributed by atoms with Crippen LogP contribution in [0.15, 0.2) is 24.3 Å². The summed E-state index contributed by atoms with van der Waals surface area (Å²) in [7, 11) is 0. The largest absolute Gasteiger partial charge is 0.358 e. The van der Waals surface area contributed by atoms with Crippen molar-refractivity contribution in [3.63, 3.8) is 0 Å². The maximum atomic E-state index is 5.79. The molecule has 2 aromatic rings. The molecule has 1 aromatic carbocycles. The number of H-pyrrole nitrogens is 1. The quantitative estimate of drug-likeness (QED) is 0.789. The summed E-state index contributed by atoms with van der Waals surface area (Å²) in [5.74, 6) is 0. The Bertz CT molecular complexity index is 455. The molecule has 1 unspecified atom stereocenters. The number of nitrogens with one attached hydrogen (secondary N) is 1. The first-order chi connectivity index (χ1) is 7.19.